The van der Waals surface area contributed by atoms with Gasteiger partial charge in [0.1, 0.15) is 18.0 Å². The second-order valence-corrected chi connectivity index (χ2v) is 11.7. The Morgan fingerprint density at radius 1 is 0.913 bits per heavy atom. The van der Waals surface area contributed by atoms with Crippen molar-refractivity contribution in [3.63, 3.8) is 0 Å². The van der Waals surface area contributed by atoms with Crippen LogP contribution in [0.1, 0.15) is 56.9 Å². The number of nitrogens with two attached hydrogens (primary N) is 2. The van der Waals surface area contributed by atoms with E-state index in [0.717, 1.165) is 16.3 Å². The molecule has 0 saturated carbocycles. The summed E-state index contributed by atoms with van der Waals surface area (Å²) in [7, 11) is 0. The maximum absolute atomic E-state index is 13.8. The third-order valence-electron chi connectivity index (χ3n) is 8.04. The molecule has 46 heavy (non-hydrogen) atoms. The van der Waals surface area contributed by atoms with E-state index < -0.39 is 77.6 Å². The summed E-state index contributed by atoms with van der Waals surface area (Å²) in [5, 5.41) is 16.3. The van der Waals surface area contributed by atoms with Crippen LogP contribution >= 0.6 is 11.6 Å². The summed E-state index contributed by atoms with van der Waals surface area (Å²) in [6.45, 7) is 0.178. The van der Waals surface area contributed by atoms with E-state index in [1.165, 1.54) is 4.90 Å². The van der Waals surface area contributed by atoms with Crippen molar-refractivity contribution in [2.75, 3.05) is 12.4 Å². The fraction of sp³-hybridized carbons (Fsp3) is 0.469. The molecule has 1 heterocycles. The number of benzene rings is 2. The van der Waals surface area contributed by atoms with Crippen molar-refractivity contribution in [3.8, 4) is 0 Å². The molecule has 3 rings (SSSR count). The number of aliphatic carboxylic acids is 1. The maximum atomic E-state index is 13.8. The maximum Gasteiger partial charge on any atom is 0.303 e. The molecule has 0 unspecified atom stereocenters. The molecule has 0 bridgehead atoms. The first-order chi connectivity index (χ1) is 21.9. The number of amides is 5. The van der Waals surface area contributed by atoms with Crippen molar-refractivity contribution >= 4 is 63.7 Å². The van der Waals surface area contributed by atoms with Crippen LogP contribution in [0.2, 0.25) is 0 Å². The molecule has 14 heteroatoms. The monoisotopic (exact) mass is 657 g/mol. The molecule has 0 aliphatic carbocycles. The van der Waals surface area contributed by atoms with Gasteiger partial charge in [0.25, 0.3) is 0 Å². The number of carbonyl (C=O) groups excluding carboxylic acids is 6. The standard InChI is InChI=1S/C32H40ClN5O8/c33-18-28(41)36-23(11-13-29(42)43)32(46)38-14-4-3-7-25(38)31(45)37-24(26(39)17-22(30(35)44)10-12-27(34)40)16-19-8-9-20-5-1-2-6-21(20)15-19/h1-2,5-6,8-9,15,22-25H,3-4,7,10-14,16-18H2,(H2,34,40)(H2,35,44)(H,36,41)(H,37,45)(H,42,43)/t22-,23-,24+,25+/m1/s1. The first-order valence-electron chi connectivity index (χ1n) is 15.2. The summed E-state index contributed by atoms with van der Waals surface area (Å²) < 4.78 is 0. The normalized spacial score (nSPS) is 16.5. The van der Waals surface area contributed by atoms with Crippen LogP contribution in [0.15, 0.2) is 42.5 Å². The van der Waals surface area contributed by atoms with Crippen molar-refractivity contribution in [2.24, 2.45) is 17.4 Å². The number of hydrogen-bond donors (Lipinski definition) is 5. The van der Waals surface area contributed by atoms with Gasteiger partial charge >= 0.3 is 5.97 Å². The van der Waals surface area contributed by atoms with E-state index in [1.54, 1.807) is 0 Å². The van der Waals surface area contributed by atoms with Crippen LogP contribution in [-0.4, -0.2) is 81.8 Å². The van der Waals surface area contributed by atoms with Crippen LogP contribution in [0.3, 0.4) is 0 Å². The average molecular weight is 658 g/mol. The van der Waals surface area contributed by atoms with Crippen LogP contribution in [-0.2, 0) is 40.0 Å². The van der Waals surface area contributed by atoms with Gasteiger partial charge < -0.3 is 32.1 Å². The highest BCUT2D eigenvalue weighted by molar-refractivity contribution is 6.27. The molecule has 4 atom stereocenters. The Labute approximate surface area is 271 Å². The number of halogens is 1. The van der Waals surface area contributed by atoms with Gasteiger partial charge in [-0.05, 0) is 54.9 Å². The minimum Gasteiger partial charge on any atom is -0.481 e. The van der Waals surface area contributed by atoms with Crippen molar-refractivity contribution in [1.29, 1.82) is 0 Å². The Balaban J connectivity index is 1.88. The Hall–Kier alpha value is -4.52. The van der Waals surface area contributed by atoms with E-state index in [-0.39, 0.29) is 45.1 Å². The van der Waals surface area contributed by atoms with E-state index in [4.69, 9.17) is 28.2 Å². The Morgan fingerprint density at radius 2 is 1.63 bits per heavy atom. The lowest BCUT2D eigenvalue weighted by molar-refractivity contribution is -0.146. The van der Waals surface area contributed by atoms with Gasteiger partial charge in [-0.2, -0.15) is 0 Å². The number of fused-ring (bicyclic) bond motifs is 1. The number of carboxylic acids is 1. The molecule has 0 spiro atoms. The molecule has 2 aromatic carbocycles. The molecule has 13 nitrogen and oxygen atoms in total. The number of ketones is 1. The fourth-order valence-electron chi connectivity index (χ4n) is 5.59. The number of hydrogen-bond acceptors (Lipinski definition) is 7. The lowest BCUT2D eigenvalue weighted by atomic mass is 9.90. The molecule has 7 N–H and O–H groups in total. The van der Waals surface area contributed by atoms with Crippen LogP contribution in [0.25, 0.3) is 10.8 Å². The molecule has 0 aromatic heterocycles. The highest BCUT2D eigenvalue weighted by atomic mass is 35.5. The molecule has 2 aromatic rings. The molecular formula is C32H40ClN5O8. The number of carbonyl (C=O) groups is 7. The number of piperidine rings is 1. The summed E-state index contributed by atoms with van der Waals surface area (Å²) in [5.74, 6) is -6.40. The smallest absolute Gasteiger partial charge is 0.303 e. The number of primary amides is 2. The van der Waals surface area contributed by atoms with E-state index in [2.05, 4.69) is 10.6 Å². The summed E-state index contributed by atoms with van der Waals surface area (Å²) in [6, 6.07) is 9.91. The first kappa shape index (κ1) is 36.0. The largest absolute Gasteiger partial charge is 0.481 e. The molecule has 1 aliphatic heterocycles. The van der Waals surface area contributed by atoms with Crippen LogP contribution < -0.4 is 22.1 Å². The quantitative estimate of drug-likeness (QED) is 0.155. The second-order valence-electron chi connectivity index (χ2n) is 11.5. The fourth-order valence-corrected chi connectivity index (χ4v) is 5.66. The van der Waals surface area contributed by atoms with Crippen molar-refractivity contribution in [3.05, 3.63) is 48.0 Å². The SMILES string of the molecule is NC(=O)CC[C@H](CC(=O)[C@H](Cc1ccc2ccccc2c1)NC(=O)[C@@H]1CCCCN1C(=O)[C@@H](CCC(=O)O)NC(=O)CCl)C(N)=O. The Morgan fingerprint density at radius 3 is 2.28 bits per heavy atom. The number of likely N-dealkylation sites (tertiary alicyclic amines) is 1. The molecule has 0 radical (unpaired) electrons. The second kappa shape index (κ2) is 17.2. The third kappa shape index (κ3) is 10.5. The highest BCUT2D eigenvalue weighted by Crippen LogP contribution is 2.22. The number of alkyl halides is 1. The van der Waals surface area contributed by atoms with Gasteiger partial charge in [0.15, 0.2) is 5.78 Å². The van der Waals surface area contributed by atoms with E-state index in [0.29, 0.717) is 12.8 Å². The summed E-state index contributed by atoms with van der Waals surface area (Å²) in [5.41, 5.74) is 11.5. The topological polar surface area (TPSA) is 219 Å². The van der Waals surface area contributed by atoms with Crippen LogP contribution in [0, 0.1) is 5.92 Å². The van der Waals surface area contributed by atoms with Gasteiger partial charge in [0.2, 0.25) is 29.5 Å². The molecular weight excluding hydrogens is 618 g/mol. The number of rotatable bonds is 17. The van der Waals surface area contributed by atoms with Gasteiger partial charge in [-0.1, -0.05) is 42.5 Å². The molecule has 1 aliphatic rings. The van der Waals surface area contributed by atoms with Gasteiger partial charge in [-0.25, -0.2) is 0 Å². The average Bonchev–Trinajstić information content (AvgIpc) is 3.03. The van der Waals surface area contributed by atoms with Gasteiger partial charge in [-0.3, -0.25) is 33.6 Å². The number of Topliss-reactive ketones (excluding diaryl/α,β-unsaturated/α-hetero) is 1. The van der Waals surface area contributed by atoms with Crippen LogP contribution in [0.4, 0.5) is 0 Å². The van der Waals surface area contributed by atoms with Crippen molar-refractivity contribution in [2.45, 2.75) is 75.9 Å². The molecule has 1 saturated heterocycles. The van der Waals surface area contributed by atoms with E-state index in [9.17, 15) is 33.6 Å². The van der Waals surface area contributed by atoms with E-state index in [1.807, 2.05) is 42.5 Å². The minimum atomic E-state index is -1.22. The molecule has 248 valence electrons. The highest BCUT2D eigenvalue weighted by Gasteiger charge is 2.38. The van der Waals surface area contributed by atoms with Gasteiger partial charge in [0, 0.05) is 31.7 Å². The third-order valence-corrected chi connectivity index (χ3v) is 8.28. The number of carboxylic acid groups (broad SMARTS) is 1. The predicted molar refractivity (Wildman–Crippen MR) is 169 cm³/mol. The zero-order valence-electron chi connectivity index (χ0n) is 25.4. The molecule has 1 fully saturated rings. The number of nitrogens with zero attached hydrogens (tertiary/aromatic N) is 1. The zero-order chi connectivity index (χ0) is 33.8. The zero-order valence-corrected chi connectivity index (χ0v) is 26.2. The van der Waals surface area contributed by atoms with Gasteiger partial charge in [-0.15, -0.1) is 11.6 Å². The van der Waals surface area contributed by atoms with Gasteiger partial charge in [0.05, 0.1) is 6.04 Å². The van der Waals surface area contributed by atoms with Crippen molar-refractivity contribution in [1.82, 2.24) is 15.5 Å². The Kier molecular flexibility index (Phi) is 13.5. The van der Waals surface area contributed by atoms with Crippen LogP contribution in [0.5, 0.6) is 0 Å². The summed E-state index contributed by atoms with van der Waals surface area (Å²) >= 11 is 5.60. The first-order valence-corrected chi connectivity index (χ1v) is 15.7. The summed E-state index contributed by atoms with van der Waals surface area (Å²) in [6.07, 6.45) is 0.411. The van der Waals surface area contributed by atoms with Crippen molar-refractivity contribution < 1.29 is 38.7 Å². The Bertz CT molecular complexity index is 1470. The predicted octanol–water partition coefficient (Wildman–Crippen LogP) is 1.16. The minimum absolute atomic E-state index is 0.0241. The number of nitrogens with one attached hydrogen (secondary N) is 2. The lowest BCUT2D eigenvalue weighted by Gasteiger charge is -2.37. The van der Waals surface area contributed by atoms with E-state index >= 15 is 0 Å². The molecule has 5 amide bonds. The lowest BCUT2D eigenvalue weighted by Crippen LogP contribution is -2.59. The summed E-state index contributed by atoms with van der Waals surface area (Å²) in [4.78, 5) is 89.1.